The van der Waals surface area contributed by atoms with Crippen LogP contribution in [0.4, 0.5) is 0 Å². The lowest BCUT2D eigenvalue weighted by Crippen LogP contribution is -2.38. The zero-order chi connectivity index (χ0) is 16.9. The van der Waals surface area contributed by atoms with E-state index in [1.165, 1.54) is 19.3 Å². The first-order chi connectivity index (χ1) is 10.9. The Balaban J connectivity index is 1.83. The van der Waals surface area contributed by atoms with Gasteiger partial charge in [-0.05, 0) is 19.3 Å². The normalized spacial score (nSPS) is 17.9. The predicted molar refractivity (Wildman–Crippen MR) is 86.9 cm³/mol. The molecule has 1 unspecified atom stereocenters. The number of carbonyl (C=O) groups is 1. The maximum absolute atomic E-state index is 12.3. The third-order valence-electron chi connectivity index (χ3n) is 4.10. The molecule has 2 rings (SSSR count). The minimum absolute atomic E-state index is 0.0971. The van der Waals surface area contributed by atoms with Crippen LogP contribution in [0.2, 0.25) is 0 Å². The standard InChI is InChI=1S/C17H29N3O3/c1-5-13(22-12-9-7-6-8-10-12)15(21)18-11-14-19-16(23-20-14)17(2,3)4/h12-13H,5-11H2,1-4H3,(H,18,21). The second kappa shape index (κ2) is 7.90. The van der Waals surface area contributed by atoms with E-state index in [4.69, 9.17) is 9.26 Å². The molecule has 0 radical (unpaired) electrons. The molecule has 0 aromatic carbocycles. The molecular weight excluding hydrogens is 294 g/mol. The van der Waals surface area contributed by atoms with Crippen LogP contribution in [0.1, 0.15) is 77.9 Å². The van der Waals surface area contributed by atoms with Crippen LogP contribution in [0.25, 0.3) is 0 Å². The van der Waals surface area contributed by atoms with Crippen LogP contribution >= 0.6 is 0 Å². The molecule has 1 aliphatic rings. The van der Waals surface area contributed by atoms with Gasteiger partial charge in [0.1, 0.15) is 6.10 Å². The SMILES string of the molecule is CCC(OC1CCCCC1)C(=O)NCc1noc(C(C)(C)C)n1. The summed E-state index contributed by atoms with van der Waals surface area (Å²) >= 11 is 0. The van der Waals surface area contributed by atoms with Crippen molar-refractivity contribution in [2.45, 2.75) is 90.4 Å². The van der Waals surface area contributed by atoms with Gasteiger partial charge in [0.25, 0.3) is 0 Å². The van der Waals surface area contributed by atoms with Crippen LogP contribution in [-0.4, -0.2) is 28.3 Å². The fraction of sp³-hybridized carbons (Fsp3) is 0.824. The Morgan fingerprint density at radius 1 is 1.35 bits per heavy atom. The van der Waals surface area contributed by atoms with E-state index in [2.05, 4.69) is 15.5 Å². The number of nitrogens with zero attached hydrogens (tertiary/aromatic N) is 2. The first-order valence-electron chi connectivity index (χ1n) is 8.66. The maximum Gasteiger partial charge on any atom is 0.249 e. The summed E-state index contributed by atoms with van der Waals surface area (Å²) in [5, 5.41) is 6.77. The van der Waals surface area contributed by atoms with Gasteiger partial charge in [-0.1, -0.05) is 52.1 Å². The minimum atomic E-state index is -0.396. The van der Waals surface area contributed by atoms with Crippen molar-refractivity contribution in [2.75, 3.05) is 0 Å². The number of amides is 1. The quantitative estimate of drug-likeness (QED) is 0.870. The lowest BCUT2D eigenvalue weighted by atomic mass is 9.97. The van der Waals surface area contributed by atoms with Crippen LogP contribution in [0, 0.1) is 0 Å². The topological polar surface area (TPSA) is 77.2 Å². The molecule has 0 saturated heterocycles. The van der Waals surface area contributed by atoms with Crippen molar-refractivity contribution in [1.82, 2.24) is 15.5 Å². The number of ether oxygens (including phenoxy) is 1. The molecule has 1 aliphatic carbocycles. The van der Waals surface area contributed by atoms with Crippen LogP contribution in [0.3, 0.4) is 0 Å². The van der Waals surface area contributed by atoms with Crippen molar-refractivity contribution in [2.24, 2.45) is 0 Å². The summed E-state index contributed by atoms with van der Waals surface area (Å²) in [5.41, 5.74) is -0.189. The molecular formula is C17H29N3O3. The molecule has 1 fully saturated rings. The Morgan fingerprint density at radius 2 is 2.04 bits per heavy atom. The molecule has 6 heteroatoms. The Hall–Kier alpha value is -1.43. The summed E-state index contributed by atoms with van der Waals surface area (Å²) in [6, 6.07) is 0. The molecule has 1 amide bonds. The molecule has 1 atom stereocenters. The monoisotopic (exact) mass is 323 g/mol. The van der Waals surface area contributed by atoms with Gasteiger partial charge in [-0.3, -0.25) is 4.79 Å². The fourth-order valence-electron chi connectivity index (χ4n) is 2.69. The van der Waals surface area contributed by atoms with Gasteiger partial charge in [-0.2, -0.15) is 4.98 Å². The van der Waals surface area contributed by atoms with Gasteiger partial charge in [0, 0.05) is 5.41 Å². The van der Waals surface area contributed by atoms with Gasteiger partial charge >= 0.3 is 0 Å². The molecule has 1 aromatic heterocycles. The Morgan fingerprint density at radius 3 is 2.61 bits per heavy atom. The summed E-state index contributed by atoms with van der Waals surface area (Å²) in [5.74, 6) is 0.975. The number of aromatic nitrogens is 2. The van der Waals surface area contributed by atoms with Crippen molar-refractivity contribution in [3.05, 3.63) is 11.7 Å². The van der Waals surface area contributed by atoms with Gasteiger partial charge < -0.3 is 14.6 Å². The van der Waals surface area contributed by atoms with Gasteiger partial charge in [0.05, 0.1) is 12.6 Å². The Kier molecular flexibility index (Phi) is 6.16. The van der Waals surface area contributed by atoms with E-state index >= 15 is 0 Å². The lowest BCUT2D eigenvalue weighted by molar-refractivity contribution is -0.138. The largest absolute Gasteiger partial charge is 0.365 e. The molecule has 23 heavy (non-hydrogen) atoms. The third-order valence-corrected chi connectivity index (χ3v) is 4.10. The highest BCUT2D eigenvalue weighted by atomic mass is 16.5. The van der Waals surface area contributed by atoms with Crippen LogP contribution in [-0.2, 0) is 21.5 Å². The average Bonchev–Trinajstić information content (AvgIpc) is 3.00. The van der Waals surface area contributed by atoms with Gasteiger partial charge in [0.15, 0.2) is 5.82 Å². The average molecular weight is 323 g/mol. The number of hydrogen-bond donors (Lipinski definition) is 1. The van der Waals surface area contributed by atoms with E-state index in [9.17, 15) is 4.79 Å². The highest BCUT2D eigenvalue weighted by Crippen LogP contribution is 2.22. The van der Waals surface area contributed by atoms with E-state index < -0.39 is 6.10 Å². The van der Waals surface area contributed by atoms with E-state index in [-0.39, 0.29) is 24.0 Å². The van der Waals surface area contributed by atoms with Crippen molar-refractivity contribution in [3.8, 4) is 0 Å². The Bertz CT molecular complexity index is 501. The van der Waals surface area contributed by atoms with Gasteiger partial charge in [-0.15, -0.1) is 0 Å². The van der Waals surface area contributed by atoms with Crippen molar-refractivity contribution < 1.29 is 14.1 Å². The molecule has 1 saturated carbocycles. The highest BCUT2D eigenvalue weighted by Gasteiger charge is 2.25. The summed E-state index contributed by atoms with van der Waals surface area (Å²) in [7, 11) is 0. The molecule has 130 valence electrons. The summed E-state index contributed by atoms with van der Waals surface area (Å²) in [6.07, 6.45) is 6.28. The molecule has 1 aromatic rings. The smallest absolute Gasteiger partial charge is 0.249 e. The van der Waals surface area contributed by atoms with E-state index in [0.29, 0.717) is 18.1 Å². The van der Waals surface area contributed by atoms with Crippen molar-refractivity contribution in [3.63, 3.8) is 0 Å². The van der Waals surface area contributed by atoms with Crippen LogP contribution in [0.15, 0.2) is 4.52 Å². The van der Waals surface area contributed by atoms with Crippen molar-refractivity contribution >= 4 is 5.91 Å². The Labute approximate surface area is 138 Å². The van der Waals surface area contributed by atoms with E-state index in [1.54, 1.807) is 0 Å². The zero-order valence-electron chi connectivity index (χ0n) is 14.7. The summed E-state index contributed by atoms with van der Waals surface area (Å²) < 4.78 is 11.2. The molecule has 0 aliphatic heterocycles. The first-order valence-corrected chi connectivity index (χ1v) is 8.66. The second-order valence-corrected chi connectivity index (χ2v) is 7.28. The highest BCUT2D eigenvalue weighted by molar-refractivity contribution is 5.80. The number of hydrogen-bond acceptors (Lipinski definition) is 5. The fourth-order valence-corrected chi connectivity index (χ4v) is 2.69. The first kappa shape index (κ1) is 17.9. The van der Waals surface area contributed by atoms with Crippen molar-refractivity contribution in [1.29, 1.82) is 0 Å². The van der Waals surface area contributed by atoms with Gasteiger partial charge in [0.2, 0.25) is 11.8 Å². The predicted octanol–water partition coefficient (Wildman–Crippen LogP) is 3.11. The van der Waals surface area contributed by atoms with E-state index in [1.807, 2.05) is 27.7 Å². The molecule has 1 heterocycles. The zero-order valence-corrected chi connectivity index (χ0v) is 14.7. The summed E-state index contributed by atoms with van der Waals surface area (Å²) in [4.78, 5) is 16.6. The molecule has 6 nitrogen and oxygen atoms in total. The maximum atomic E-state index is 12.3. The van der Waals surface area contributed by atoms with E-state index in [0.717, 1.165) is 12.8 Å². The number of rotatable bonds is 6. The van der Waals surface area contributed by atoms with Gasteiger partial charge in [-0.25, -0.2) is 0 Å². The van der Waals surface area contributed by atoms with Crippen LogP contribution in [0.5, 0.6) is 0 Å². The summed E-state index contributed by atoms with van der Waals surface area (Å²) in [6.45, 7) is 8.26. The molecule has 0 spiro atoms. The lowest BCUT2D eigenvalue weighted by Gasteiger charge is -2.26. The number of carbonyl (C=O) groups excluding carboxylic acids is 1. The second-order valence-electron chi connectivity index (χ2n) is 7.28. The molecule has 1 N–H and O–H groups in total. The number of nitrogens with one attached hydrogen (secondary N) is 1. The third kappa shape index (κ3) is 5.30. The molecule has 0 bridgehead atoms. The van der Waals surface area contributed by atoms with Crippen LogP contribution < -0.4 is 5.32 Å². The minimum Gasteiger partial charge on any atom is -0.365 e.